The number of fused-ring (bicyclic) bond motifs is 1. The van der Waals surface area contributed by atoms with Crippen LogP contribution in [0.1, 0.15) is 35.3 Å². The molecule has 0 aromatic heterocycles. The lowest BCUT2D eigenvalue weighted by atomic mass is 9.92. The Morgan fingerprint density at radius 2 is 1.95 bits per heavy atom. The molecular weight excluding hydrogens is 250 g/mol. The molecule has 3 rings (SSSR count). The van der Waals surface area contributed by atoms with Crippen molar-refractivity contribution < 1.29 is 9.47 Å². The van der Waals surface area contributed by atoms with E-state index in [1.165, 1.54) is 5.56 Å². The summed E-state index contributed by atoms with van der Waals surface area (Å²) in [4.78, 5) is 0. The molecule has 0 saturated heterocycles. The molecule has 1 aliphatic heterocycles. The third-order valence-electron chi connectivity index (χ3n) is 3.79. The molecule has 1 unspecified atom stereocenters. The van der Waals surface area contributed by atoms with Crippen LogP contribution in [0.4, 0.5) is 0 Å². The van der Waals surface area contributed by atoms with Gasteiger partial charge < -0.3 is 15.2 Å². The molecule has 0 amide bonds. The van der Waals surface area contributed by atoms with Crippen molar-refractivity contribution in [1.29, 1.82) is 0 Å². The summed E-state index contributed by atoms with van der Waals surface area (Å²) < 4.78 is 11.5. The van der Waals surface area contributed by atoms with Crippen LogP contribution in [0.3, 0.4) is 0 Å². The monoisotopic (exact) mass is 269 g/mol. The number of hydrogen-bond acceptors (Lipinski definition) is 3. The van der Waals surface area contributed by atoms with Crippen molar-refractivity contribution in [2.75, 3.05) is 7.11 Å². The zero-order valence-electron chi connectivity index (χ0n) is 11.8. The highest BCUT2D eigenvalue weighted by Crippen LogP contribution is 2.42. The van der Waals surface area contributed by atoms with Crippen LogP contribution in [0.25, 0.3) is 0 Å². The summed E-state index contributed by atoms with van der Waals surface area (Å²) in [6.45, 7) is 2.07. The molecule has 2 aromatic rings. The quantitative estimate of drug-likeness (QED) is 0.907. The molecule has 2 aromatic carbocycles. The molecule has 104 valence electrons. The van der Waals surface area contributed by atoms with E-state index in [0.717, 1.165) is 29.0 Å². The van der Waals surface area contributed by atoms with Crippen molar-refractivity contribution in [2.24, 2.45) is 5.73 Å². The van der Waals surface area contributed by atoms with E-state index in [1.54, 1.807) is 7.11 Å². The van der Waals surface area contributed by atoms with E-state index in [1.807, 2.05) is 30.3 Å². The van der Waals surface area contributed by atoms with Gasteiger partial charge in [0.25, 0.3) is 0 Å². The van der Waals surface area contributed by atoms with Gasteiger partial charge in [-0.05, 0) is 19.1 Å². The molecular formula is C17H19NO2. The Bertz CT molecular complexity index is 624. The first-order valence-corrected chi connectivity index (χ1v) is 6.84. The van der Waals surface area contributed by atoms with Crippen LogP contribution >= 0.6 is 0 Å². The zero-order chi connectivity index (χ0) is 14.1. The SMILES string of the molecule is COc1ccccc1C1C[C@@H](N)c2cc(C)ccc2O1. The Morgan fingerprint density at radius 1 is 1.15 bits per heavy atom. The number of para-hydroxylation sites is 1. The summed E-state index contributed by atoms with van der Waals surface area (Å²) in [7, 11) is 1.68. The second-order valence-electron chi connectivity index (χ2n) is 5.23. The molecule has 1 heterocycles. The highest BCUT2D eigenvalue weighted by atomic mass is 16.5. The van der Waals surface area contributed by atoms with Crippen LogP contribution in [-0.2, 0) is 0 Å². The van der Waals surface area contributed by atoms with Crippen molar-refractivity contribution in [3.8, 4) is 11.5 Å². The smallest absolute Gasteiger partial charge is 0.129 e. The zero-order valence-corrected chi connectivity index (χ0v) is 11.8. The number of aryl methyl sites for hydroxylation is 1. The lowest BCUT2D eigenvalue weighted by Crippen LogP contribution is -2.24. The van der Waals surface area contributed by atoms with Gasteiger partial charge in [-0.2, -0.15) is 0 Å². The summed E-state index contributed by atoms with van der Waals surface area (Å²) in [5.74, 6) is 1.73. The van der Waals surface area contributed by atoms with Crippen LogP contribution in [0.2, 0.25) is 0 Å². The standard InChI is InChI=1S/C17H19NO2/c1-11-7-8-16-13(9-11)14(18)10-17(20-16)12-5-3-4-6-15(12)19-2/h3-9,14,17H,10,18H2,1-2H3/t14-,17?/m1/s1. The predicted octanol–water partition coefficient (Wildman–Crippen LogP) is 3.53. The van der Waals surface area contributed by atoms with E-state index in [9.17, 15) is 0 Å². The van der Waals surface area contributed by atoms with Gasteiger partial charge in [-0.15, -0.1) is 0 Å². The molecule has 0 spiro atoms. The van der Waals surface area contributed by atoms with Crippen LogP contribution in [-0.4, -0.2) is 7.11 Å². The van der Waals surface area contributed by atoms with Gasteiger partial charge in [0.2, 0.25) is 0 Å². The fourth-order valence-corrected chi connectivity index (χ4v) is 2.75. The van der Waals surface area contributed by atoms with Gasteiger partial charge >= 0.3 is 0 Å². The Morgan fingerprint density at radius 3 is 2.75 bits per heavy atom. The van der Waals surface area contributed by atoms with Crippen LogP contribution < -0.4 is 15.2 Å². The molecule has 0 bridgehead atoms. The number of ether oxygens (including phenoxy) is 2. The lowest BCUT2D eigenvalue weighted by Gasteiger charge is -2.31. The van der Waals surface area contributed by atoms with Crippen molar-refractivity contribution in [3.05, 3.63) is 59.2 Å². The number of benzene rings is 2. The summed E-state index contributed by atoms with van der Waals surface area (Å²) in [6.07, 6.45) is 0.702. The van der Waals surface area contributed by atoms with Gasteiger partial charge in [-0.3, -0.25) is 0 Å². The maximum atomic E-state index is 6.31. The van der Waals surface area contributed by atoms with Gasteiger partial charge in [-0.25, -0.2) is 0 Å². The van der Waals surface area contributed by atoms with E-state index in [4.69, 9.17) is 15.2 Å². The normalized spacial score (nSPS) is 20.9. The van der Waals surface area contributed by atoms with Gasteiger partial charge in [0, 0.05) is 23.6 Å². The van der Waals surface area contributed by atoms with Crippen molar-refractivity contribution >= 4 is 0 Å². The van der Waals surface area contributed by atoms with E-state index in [-0.39, 0.29) is 12.1 Å². The molecule has 0 aliphatic carbocycles. The minimum Gasteiger partial charge on any atom is -0.496 e. The average Bonchev–Trinajstić information content (AvgIpc) is 2.47. The molecule has 3 heteroatoms. The summed E-state index contributed by atoms with van der Waals surface area (Å²) >= 11 is 0. The average molecular weight is 269 g/mol. The Balaban J connectivity index is 1.97. The summed E-state index contributed by atoms with van der Waals surface area (Å²) in [6, 6.07) is 14.1. The summed E-state index contributed by atoms with van der Waals surface area (Å²) in [5, 5.41) is 0. The van der Waals surface area contributed by atoms with Crippen molar-refractivity contribution in [1.82, 2.24) is 0 Å². The highest BCUT2D eigenvalue weighted by Gasteiger charge is 2.28. The number of rotatable bonds is 2. The van der Waals surface area contributed by atoms with Gasteiger partial charge in [-0.1, -0.05) is 35.9 Å². The minimum atomic E-state index is -0.0589. The molecule has 2 N–H and O–H groups in total. The summed E-state index contributed by atoms with van der Waals surface area (Å²) in [5.41, 5.74) is 9.67. The Hall–Kier alpha value is -2.00. The third-order valence-corrected chi connectivity index (χ3v) is 3.79. The van der Waals surface area contributed by atoms with Gasteiger partial charge in [0.1, 0.15) is 17.6 Å². The highest BCUT2D eigenvalue weighted by molar-refractivity contribution is 5.43. The first-order valence-electron chi connectivity index (χ1n) is 6.84. The predicted molar refractivity (Wildman–Crippen MR) is 79.1 cm³/mol. The number of nitrogens with two attached hydrogens (primary N) is 1. The first-order chi connectivity index (χ1) is 9.69. The first kappa shape index (κ1) is 13.0. The molecule has 2 atom stereocenters. The molecule has 20 heavy (non-hydrogen) atoms. The van der Waals surface area contributed by atoms with Crippen molar-refractivity contribution in [3.63, 3.8) is 0 Å². The number of methoxy groups -OCH3 is 1. The lowest BCUT2D eigenvalue weighted by molar-refractivity contribution is 0.158. The second-order valence-corrected chi connectivity index (χ2v) is 5.23. The fraction of sp³-hybridized carbons (Fsp3) is 0.294. The molecule has 3 nitrogen and oxygen atoms in total. The second kappa shape index (κ2) is 5.17. The van der Waals surface area contributed by atoms with Crippen LogP contribution in [0.5, 0.6) is 11.5 Å². The van der Waals surface area contributed by atoms with Gasteiger partial charge in [0.15, 0.2) is 0 Å². The molecule has 1 aliphatic rings. The van der Waals surface area contributed by atoms with Gasteiger partial charge in [0.05, 0.1) is 7.11 Å². The van der Waals surface area contributed by atoms with E-state index >= 15 is 0 Å². The van der Waals surface area contributed by atoms with E-state index in [0.29, 0.717) is 0 Å². The fourth-order valence-electron chi connectivity index (χ4n) is 2.75. The maximum absolute atomic E-state index is 6.31. The third kappa shape index (κ3) is 2.25. The Kier molecular flexibility index (Phi) is 3.36. The molecule has 0 fully saturated rings. The molecule has 0 radical (unpaired) electrons. The van der Waals surface area contributed by atoms with E-state index < -0.39 is 0 Å². The number of hydrogen-bond donors (Lipinski definition) is 1. The Labute approximate surface area is 119 Å². The van der Waals surface area contributed by atoms with Crippen LogP contribution in [0, 0.1) is 6.92 Å². The van der Waals surface area contributed by atoms with Crippen molar-refractivity contribution in [2.45, 2.75) is 25.5 Å². The largest absolute Gasteiger partial charge is 0.496 e. The molecule has 0 saturated carbocycles. The van der Waals surface area contributed by atoms with E-state index in [2.05, 4.69) is 19.1 Å². The topological polar surface area (TPSA) is 44.5 Å². The minimum absolute atomic E-state index is 0.00596. The van der Waals surface area contributed by atoms with Crippen LogP contribution in [0.15, 0.2) is 42.5 Å². The maximum Gasteiger partial charge on any atom is 0.129 e.